The first-order chi connectivity index (χ1) is 16.2. The van der Waals surface area contributed by atoms with Crippen LogP contribution in [0.4, 0.5) is 13.2 Å². The molecule has 0 aromatic heterocycles. The number of aryl methyl sites for hydroxylation is 1. The molecule has 1 heterocycles. The third kappa shape index (κ3) is 4.71. The van der Waals surface area contributed by atoms with Crippen LogP contribution in [-0.4, -0.2) is 24.8 Å². The van der Waals surface area contributed by atoms with Crippen molar-refractivity contribution in [3.05, 3.63) is 58.7 Å². The third-order valence-electron chi connectivity index (χ3n) is 6.76. The lowest BCUT2D eigenvalue weighted by atomic mass is 9.63. The molecule has 2 fully saturated rings. The number of hydrogen-bond donors (Lipinski definition) is 0. The Labute approximate surface area is 195 Å². The van der Waals surface area contributed by atoms with Gasteiger partial charge < -0.3 is 9.47 Å². The van der Waals surface area contributed by atoms with Gasteiger partial charge in [0, 0.05) is 26.1 Å². The molecule has 0 unspecified atom stereocenters. The summed E-state index contributed by atoms with van der Waals surface area (Å²) in [7, 11) is 0. The van der Waals surface area contributed by atoms with E-state index in [0.29, 0.717) is 50.9 Å². The fraction of sp³-hybridized carbons (Fsp3) is 0.423. The second-order valence-electron chi connectivity index (χ2n) is 8.96. The van der Waals surface area contributed by atoms with Crippen LogP contribution in [0.25, 0.3) is 0 Å². The summed E-state index contributed by atoms with van der Waals surface area (Å²) >= 11 is 0. The summed E-state index contributed by atoms with van der Waals surface area (Å²) in [5.41, 5.74) is -0.492. The first-order valence-corrected chi connectivity index (χ1v) is 11.2. The minimum atomic E-state index is -4.65. The largest absolute Gasteiger partial charge is 0.457 e. The Balaban J connectivity index is 1.63. The van der Waals surface area contributed by atoms with E-state index in [1.54, 1.807) is 24.3 Å². The smallest absolute Gasteiger partial charge is 0.417 e. The van der Waals surface area contributed by atoms with Crippen molar-refractivity contribution in [3.63, 3.8) is 0 Å². The highest BCUT2D eigenvalue weighted by atomic mass is 19.4. The summed E-state index contributed by atoms with van der Waals surface area (Å²) in [5.74, 6) is -0.781. The maximum Gasteiger partial charge on any atom is 0.417 e. The predicted octanol–water partition coefficient (Wildman–Crippen LogP) is 5.74. The number of nitriles is 1. The van der Waals surface area contributed by atoms with Crippen LogP contribution >= 0.6 is 0 Å². The van der Waals surface area contributed by atoms with Crippen LogP contribution in [0, 0.1) is 16.7 Å². The molecule has 0 N–H and O–H groups in total. The molecule has 1 aliphatic carbocycles. The molecular formula is C26H24F3NO4. The van der Waals surface area contributed by atoms with Crippen LogP contribution < -0.4 is 4.74 Å². The monoisotopic (exact) mass is 471 g/mol. The molecule has 0 radical (unpaired) electrons. The van der Waals surface area contributed by atoms with E-state index < -0.39 is 23.2 Å². The quantitative estimate of drug-likeness (QED) is 0.531. The Morgan fingerprint density at radius 1 is 1.06 bits per heavy atom. The number of Topliss-reactive ketones (excluding diaryl/α,β-unsaturated/α-hetero) is 2. The number of rotatable bonds is 4. The minimum absolute atomic E-state index is 0.0576. The van der Waals surface area contributed by atoms with E-state index in [-0.39, 0.29) is 28.5 Å². The SMILES string of the molecule is CCc1ccc(Oc2ccc(C(F)(F)F)c(C#N)c2)cc1C1C(=O)CC2(CCOCC2)CC1=O. The zero-order valence-corrected chi connectivity index (χ0v) is 18.7. The van der Waals surface area contributed by atoms with Crippen LogP contribution in [0.15, 0.2) is 36.4 Å². The fourth-order valence-electron chi connectivity index (χ4n) is 4.98. The van der Waals surface area contributed by atoms with E-state index in [0.717, 1.165) is 23.8 Å². The predicted molar refractivity (Wildman–Crippen MR) is 117 cm³/mol. The van der Waals surface area contributed by atoms with Crippen molar-refractivity contribution in [2.75, 3.05) is 13.2 Å². The van der Waals surface area contributed by atoms with Crippen molar-refractivity contribution in [1.29, 1.82) is 5.26 Å². The molecule has 0 atom stereocenters. The van der Waals surface area contributed by atoms with E-state index in [4.69, 9.17) is 14.7 Å². The van der Waals surface area contributed by atoms with Gasteiger partial charge >= 0.3 is 6.18 Å². The standard InChI is InChI=1S/C26H24F3NO4/c1-2-16-3-4-19(34-18-5-6-21(26(27,28)29)17(11-18)15-30)12-20(16)24-22(31)13-25(14-23(24)32)7-9-33-10-8-25/h3-6,11-12,24H,2,7-10,13-14H2,1H3. The van der Waals surface area contributed by atoms with Gasteiger partial charge in [0.15, 0.2) is 0 Å². The average Bonchev–Trinajstić information content (AvgIpc) is 2.78. The topological polar surface area (TPSA) is 76.4 Å². The number of hydrogen-bond acceptors (Lipinski definition) is 5. The molecule has 8 heteroatoms. The summed E-state index contributed by atoms with van der Waals surface area (Å²) in [6.45, 7) is 3.02. The first kappa shape index (κ1) is 24.0. The highest BCUT2D eigenvalue weighted by Gasteiger charge is 2.46. The number of carbonyl (C=O) groups is 2. The number of benzene rings is 2. The number of alkyl halides is 3. The zero-order chi connectivity index (χ0) is 24.5. The summed E-state index contributed by atoms with van der Waals surface area (Å²) in [5, 5.41) is 9.13. The van der Waals surface area contributed by atoms with Gasteiger partial charge in [-0.2, -0.15) is 18.4 Å². The molecule has 5 nitrogen and oxygen atoms in total. The fourth-order valence-corrected chi connectivity index (χ4v) is 4.98. The molecule has 1 saturated heterocycles. The van der Waals surface area contributed by atoms with Crippen LogP contribution in [-0.2, 0) is 26.9 Å². The summed E-state index contributed by atoms with van der Waals surface area (Å²) in [4.78, 5) is 26.4. The Hall–Kier alpha value is -3.18. The van der Waals surface area contributed by atoms with E-state index in [1.165, 1.54) is 0 Å². The molecule has 1 aliphatic heterocycles. The normalized spacial score (nSPS) is 18.7. The average molecular weight is 471 g/mol. The van der Waals surface area contributed by atoms with Gasteiger partial charge in [-0.15, -0.1) is 0 Å². The molecule has 2 aromatic carbocycles. The van der Waals surface area contributed by atoms with Crippen molar-refractivity contribution in [1.82, 2.24) is 0 Å². The number of halogens is 3. The lowest BCUT2D eigenvalue weighted by molar-refractivity contribution is -0.140. The third-order valence-corrected chi connectivity index (χ3v) is 6.76. The maximum atomic E-state index is 13.2. The highest BCUT2D eigenvalue weighted by molar-refractivity contribution is 6.10. The first-order valence-electron chi connectivity index (χ1n) is 11.2. The summed E-state index contributed by atoms with van der Waals surface area (Å²) in [6.07, 6.45) is -2.02. The van der Waals surface area contributed by atoms with Gasteiger partial charge in [0.2, 0.25) is 0 Å². The molecule has 0 amide bonds. The van der Waals surface area contributed by atoms with Gasteiger partial charge in [-0.1, -0.05) is 13.0 Å². The molecule has 2 aromatic rings. The number of ether oxygens (including phenoxy) is 2. The van der Waals surface area contributed by atoms with Crippen molar-refractivity contribution < 1.29 is 32.2 Å². The van der Waals surface area contributed by atoms with Crippen LogP contribution in [0.3, 0.4) is 0 Å². The summed E-state index contributed by atoms with van der Waals surface area (Å²) < 4.78 is 50.4. The van der Waals surface area contributed by atoms with Crippen LogP contribution in [0.1, 0.15) is 60.8 Å². The van der Waals surface area contributed by atoms with Crippen molar-refractivity contribution >= 4 is 11.6 Å². The lowest BCUT2D eigenvalue weighted by Gasteiger charge is -2.41. The number of carbonyl (C=O) groups excluding carboxylic acids is 2. The van der Waals surface area contributed by atoms with E-state index >= 15 is 0 Å². The molecule has 178 valence electrons. The zero-order valence-electron chi connectivity index (χ0n) is 18.7. The van der Waals surface area contributed by atoms with Crippen LogP contribution in [0.2, 0.25) is 0 Å². The van der Waals surface area contributed by atoms with Gasteiger partial charge in [-0.25, -0.2) is 0 Å². The number of nitrogens with zero attached hydrogens (tertiary/aromatic N) is 1. The molecule has 0 bridgehead atoms. The maximum absolute atomic E-state index is 13.2. The molecule has 1 spiro atoms. The highest BCUT2D eigenvalue weighted by Crippen LogP contribution is 2.46. The molecule has 34 heavy (non-hydrogen) atoms. The van der Waals surface area contributed by atoms with Crippen LogP contribution in [0.5, 0.6) is 11.5 Å². The Morgan fingerprint density at radius 2 is 1.68 bits per heavy atom. The van der Waals surface area contributed by atoms with Crippen molar-refractivity contribution in [2.24, 2.45) is 5.41 Å². The van der Waals surface area contributed by atoms with E-state index in [1.807, 2.05) is 6.92 Å². The van der Waals surface area contributed by atoms with Gasteiger partial charge in [0.1, 0.15) is 29.0 Å². The summed E-state index contributed by atoms with van der Waals surface area (Å²) in [6, 6.07) is 9.55. The van der Waals surface area contributed by atoms with E-state index in [9.17, 15) is 22.8 Å². The molecule has 4 rings (SSSR count). The molecule has 2 aliphatic rings. The minimum Gasteiger partial charge on any atom is -0.457 e. The number of ketones is 2. The van der Waals surface area contributed by atoms with Gasteiger partial charge in [-0.3, -0.25) is 9.59 Å². The van der Waals surface area contributed by atoms with Gasteiger partial charge in [0.25, 0.3) is 0 Å². The Bertz CT molecular complexity index is 1140. The van der Waals surface area contributed by atoms with E-state index in [2.05, 4.69) is 0 Å². The van der Waals surface area contributed by atoms with Gasteiger partial charge in [-0.05, 0) is 66.1 Å². The Kier molecular flexibility index (Phi) is 6.50. The molecule has 1 saturated carbocycles. The second-order valence-corrected chi connectivity index (χ2v) is 8.96. The molecular weight excluding hydrogens is 447 g/mol. The lowest BCUT2D eigenvalue weighted by Crippen LogP contribution is -2.42. The van der Waals surface area contributed by atoms with Crippen molar-refractivity contribution in [2.45, 2.75) is 51.1 Å². The second kappa shape index (κ2) is 9.22. The van der Waals surface area contributed by atoms with Gasteiger partial charge in [0.05, 0.1) is 17.2 Å². The Morgan fingerprint density at radius 3 is 2.26 bits per heavy atom. The van der Waals surface area contributed by atoms with Crippen molar-refractivity contribution in [3.8, 4) is 17.6 Å².